The molecule has 1 N–H and O–H groups in total. The van der Waals surface area contributed by atoms with Crippen molar-refractivity contribution in [3.05, 3.63) is 0 Å². The molecular formula is C17H30N2O. The Labute approximate surface area is 124 Å². The Morgan fingerprint density at radius 1 is 1.25 bits per heavy atom. The second kappa shape index (κ2) is 6.93. The molecule has 0 aromatic rings. The molecule has 2 aliphatic rings. The molecule has 0 unspecified atom stereocenters. The van der Waals surface area contributed by atoms with E-state index in [-0.39, 0.29) is 0 Å². The molecule has 1 aliphatic carbocycles. The Bertz CT molecular complexity index is 353. The lowest BCUT2D eigenvalue weighted by Gasteiger charge is -2.58. The molecule has 3 heteroatoms. The minimum atomic E-state index is 0.492. The monoisotopic (exact) mass is 278 g/mol. The molecule has 1 aliphatic heterocycles. The smallest absolute Gasteiger partial charge is 0.0602 e. The van der Waals surface area contributed by atoms with Crippen LogP contribution in [0.2, 0.25) is 0 Å². The van der Waals surface area contributed by atoms with Gasteiger partial charge in [-0.3, -0.25) is 4.90 Å². The molecule has 0 radical (unpaired) electrons. The molecule has 2 fully saturated rings. The molecule has 0 bridgehead atoms. The van der Waals surface area contributed by atoms with Crippen LogP contribution in [0.25, 0.3) is 0 Å². The number of nitrogens with zero attached hydrogens (tertiary/aromatic N) is 1. The third-order valence-electron chi connectivity index (χ3n) is 4.14. The Morgan fingerprint density at radius 3 is 2.55 bits per heavy atom. The van der Waals surface area contributed by atoms with Gasteiger partial charge in [0, 0.05) is 37.0 Å². The summed E-state index contributed by atoms with van der Waals surface area (Å²) in [7, 11) is 0. The minimum absolute atomic E-state index is 0.492. The van der Waals surface area contributed by atoms with Gasteiger partial charge >= 0.3 is 0 Å². The first kappa shape index (κ1) is 15.8. The third kappa shape index (κ3) is 4.48. The fourth-order valence-corrected chi connectivity index (χ4v) is 3.23. The van der Waals surface area contributed by atoms with E-state index in [1.54, 1.807) is 0 Å². The van der Waals surface area contributed by atoms with Crippen molar-refractivity contribution in [2.24, 2.45) is 11.3 Å². The van der Waals surface area contributed by atoms with E-state index in [0.29, 0.717) is 23.5 Å². The van der Waals surface area contributed by atoms with Crippen LogP contribution in [0.5, 0.6) is 0 Å². The topological polar surface area (TPSA) is 24.5 Å². The normalized spacial score (nSPS) is 21.7. The molecule has 0 atom stereocenters. The summed E-state index contributed by atoms with van der Waals surface area (Å²) in [6.07, 6.45) is 3.01. The highest BCUT2D eigenvalue weighted by atomic mass is 16.5. The van der Waals surface area contributed by atoms with Gasteiger partial charge in [-0.2, -0.15) is 0 Å². The molecular weight excluding hydrogens is 248 g/mol. The number of rotatable bonds is 6. The van der Waals surface area contributed by atoms with Crippen LogP contribution >= 0.6 is 0 Å². The van der Waals surface area contributed by atoms with Crippen LogP contribution in [0.15, 0.2) is 0 Å². The van der Waals surface area contributed by atoms with Crippen molar-refractivity contribution in [3.8, 4) is 11.8 Å². The van der Waals surface area contributed by atoms with Gasteiger partial charge in [0.2, 0.25) is 0 Å². The Balaban J connectivity index is 1.52. The number of likely N-dealkylation sites (tertiary alicyclic amines) is 1. The summed E-state index contributed by atoms with van der Waals surface area (Å²) in [6.45, 7) is 13.9. The van der Waals surface area contributed by atoms with Crippen molar-refractivity contribution in [2.75, 3.05) is 32.8 Å². The molecule has 1 saturated carbocycles. The van der Waals surface area contributed by atoms with Crippen molar-refractivity contribution < 1.29 is 4.74 Å². The summed E-state index contributed by atoms with van der Waals surface area (Å²) < 4.78 is 5.90. The maximum atomic E-state index is 5.90. The average molecular weight is 278 g/mol. The molecule has 20 heavy (non-hydrogen) atoms. The Morgan fingerprint density at radius 2 is 1.95 bits per heavy atom. The largest absolute Gasteiger partial charge is 0.377 e. The molecule has 2 rings (SSSR count). The number of hydrogen-bond donors (Lipinski definition) is 1. The van der Waals surface area contributed by atoms with Crippen LogP contribution in [0.3, 0.4) is 0 Å². The Hall–Kier alpha value is -0.560. The molecule has 1 saturated heterocycles. The zero-order valence-electron chi connectivity index (χ0n) is 13.5. The summed E-state index contributed by atoms with van der Waals surface area (Å²) in [5.74, 6) is 7.00. The quantitative estimate of drug-likeness (QED) is 0.595. The van der Waals surface area contributed by atoms with Crippen LogP contribution in [0.4, 0.5) is 0 Å². The van der Waals surface area contributed by atoms with Crippen molar-refractivity contribution >= 4 is 0 Å². The van der Waals surface area contributed by atoms with Gasteiger partial charge < -0.3 is 10.1 Å². The second-order valence-electron chi connectivity index (χ2n) is 7.13. The minimum Gasteiger partial charge on any atom is -0.377 e. The van der Waals surface area contributed by atoms with Crippen molar-refractivity contribution in [3.63, 3.8) is 0 Å². The van der Waals surface area contributed by atoms with E-state index in [1.807, 2.05) is 0 Å². The van der Waals surface area contributed by atoms with Crippen LogP contribution in [0, 0.1) is 23.2 Å². The zero-order chi connectivity index (χ0) is 14.6. The summed E-state index contributed by atoms with van der Waals surface area (Å²) >= 11 is 0. The van der Waals surface area contributed by atoms with Gasteiger partial charge in [-0.05, 0) is 12.8 Å². The fourth-order valence-electron chi connectivity index (χ4n) is 3.23. The van der Waals surface area contributed by atoms with Crippen molar-refractivity contribution in [2.45, 2.75) is 52.7 Å². The van der Waals surface area contributed by atoms with E-state index in [4.69, 9.17) is 4.74 Å². The highest BCUT2D eigenvalue weighted by Crippen LogP contribution is 2.49. The maximum Gasteiger partial charge on any atom is 0.0602 e. The lowest BCUT2D eigenvalue weighted by Crippen LogP contribution is -2.64. The number of nitrogens with one attached hydrogen (secondary N) is 1. The number of hydrogen-bond acceptors (Lipinski definition) is 3. The molecule has 1 spiro atoms. The third-order valence-corrected chi connectivity index (χ3v) is 4.14. The van der Waals surface area contributed by atoms with Crippen molar-refractivity contribution in [1.29, 1.82) is 0 Å². The summed E-state index contributed by atoms with van der Waals surface area (Å²) in [4.78, 5) is 2.46. The second-order valence-corrected chi connectivity index (χ2v) is 7.13. The molecule has 1 heterocycles. The highest BCUT2D eigenvalue weighted by Gasteiger charge is 2.52. The SMILES string of the molecule is CC(C)C#CCN1CC2(CC(OCCNC(C)C)C2)C1. The van der Waals surface area contributed by atoms with E-state index >= 15 is 0 Å². The molecule has 114 valence electrons. The predicted molar refractivity (Wildman–Crippen MR) is 83.6 cm³/mol. The van der Waals surface area contributed by atoms with Crippen LogP contribution < -0.4 is 5.32 Å². The lowest BCUT2D eigenvalue weighted by molar-refractivity contribution is -0.146. The fraction of sp³-hybridized carbons (Fsp3) is 0.882. The predicted octanol–water partition coefficient (Wildman–Crippen LogP) is 2.12. The molecule has 0 aromatic heterocycles. The highest BCUT2D eigenvalue weighted by molar-refractivity contribution is 5.10. The van der Waals surface area contributed by atoms with Gasteiger partial charge in [0.05, 0.1) is 19.3 Å². The van der Waals surface area contributed by atoms with Gasteiger partial charge in [0.1, 0.15) is 0 Å². The molecule has 0 aromatic carbocycles. The first-order valence-electron chi connectivity index (χ1n) is 8.05. The number of ether oxygens (including phenoxy) is 1. The van der Waals surface area contributed by atoms with Gasteiger partial charge in [-0.15, -0.1) is 0 Å². The summed E-state index contributed by atoms with van der Waals surface area (Å²) in [6, 6.07) is 0.554. The Kier molecular flexibility index (Phi) is 5.49. The van der Waals surface area contributed by atoms with Gasteiger partial charge in [0.15, 0.2) is 0 Å². The first-order valence-corrected chi connectivity index (χ1v) is 8.05. The molecule has 3 nitrogen and oxygen atoms in total. The van der Waals surface area contributed by atoms with E-state index in [0.717, 1.165) is 19.7 Å². The van der Waals surface area contributed by atoms with Gasteiger partial charge in [-0.1, -0.05) is 39.5 Å². The van der Waals surface area contributed by atoms with E-state index in [1.165, 1.54) is 25.9 Å². The average Bonchev–Trinajstić information content (AvgIpc) is 2.26. The van der Waals surface area contributed by atoms with E-state index in [2.05, 4.69) is 49.8 Å². The molecule has 0 amide bonds. The summed E-state index contributed by atoms with van der Waals surface area (Å²) in [5.41, 5.74) is 0.579. The first-order chi connectivity index (χ1) is 9.49. The van der Waals surface area contributed by atoms with Crippen LogP contribution in [0.1, 0.15) is 40.5 Å². The lowest BCUT2D eigenvalue weighted by atomic mass is 9.62. The maximum absolute atomic E-state index is 5.90. The van der Waals surface area contributed by atoms with Gasteiger partial charge in [0.25, 0.3) is 0 Å². The van der Waals surface area contributed by atoms with E-state index < -0.39 is 0 Å². The van der Waals surface area contributed by atoms with Crippen molar-refractivity contribution in [1.82, 2.24) is 10.2 Å². The van der Waals surface area contributed by atoms with Gasteiger partial charge in [-0.25, -0.2) is 0 Å². The zero-order valence-corrected chi connectivity index (χ0v) is 13.5. The van der Waals surface area contributed by atoms with E-state index in [9.17, 15) is 0 Å². The van der Waals surface area contributed by atoms with Crippen LogP contribution in [-0.4, -0.2) is 49.8 Å². The van der Waals surface area contributed by atoms with Crippen LogP contribution in [-0.2, 0) is 4.74 Å². The standard InChI is InChI=1S/C17H30N2O/c1-14(2)6-5-8-19-12-17(13-19)10-16(11-17)20-9-7-18-15(3)4/h14-16,18H,7-13H2,1-4H3. The summed E-state index contributed by atoms with van der Waals surface area (Å²) in [5, 5.41) is 3.39.